The van der Waals surface area contributed by atoms with E-state index in [2.05, 4.69) is 333 Å². The molecule has 0 fully saturated rings. The smallest absolute Gasteiger partial charge is 0.252 e. The summed E-state index contributed by atoms with van der Waals surface area (Å²) in [4.78, 5) is 10.0. The van der Waals surface area contributed by atoms with E-state index in [1.54, 1.807) is 0 Å². The first kappa shape index (κ1) is 57.2. The van der Waals surface area contributed by atoms with Crippen LogP contribution in [-0.4, -0.2) is 20.8 Å². The number of fused-ring (bicyclic) bond motifs is 17. The first-order chi connectivity index (χ1) is 48.4. The van der Waals surface area contributed by atoms with Crippen LogP contribution >= 0.6 is 0 Å². The lowest BCUT2D eigenvalue weighted by Crippen LogP contribution is -2.61. The molecular formula is C91H66BN5O2. The van der Waals surface area contributed by atoms with Gasteiger partial charge in [-0.2, -0.15) is 0 Å². The van der Waals surface area contributed by atoms with Crippen molar-refractivity contribution >= 4 is 145 Å². The molecule has 18 aromatic rings. The predicted octanol–water partition coefficient (Wildman–Crippen LogP) is 22.8. The summed E-state index contributed by atoms with van der Waals surface area (Å²) in [6.45, 7) is 13.7. The van der Waals surface area contributed by atoms with Gasteiger partial charge >= 0.3 is 0 Å². The fourth-order valence-corrected chi connectivity index (χ4v) is 16.6. The Hall–Kier alpha value is -12.1. The second-order valence-corrected chi connectivity index (χ2v) is 29.0. The van der Waals surface area contributed by atoms with E-state index in [9.17, 15) is 0 Å². The van der Waals surface area contributed by atoms with Gasteiger partial charge in [-0.25, -0.2) is 0 Å². The van der Waals surface area contributed by atoms with Crippen LogP contribution in [0, 0.1) is 0 Å². The van der Waals surface area contributed by atoms with E-state index in [0.717, 1.165) is 150 Å². The molecule has 0 bridgehead atoms. The number of benzene rings is 13. The summed E-state index contributed by atoms with van der Waals surface area (Å²) in [5.74, 6) is 0. The molecule has 0 aliphatic carbocycles. The summed E-state index contributed by atoms with van der Waals surface area (Å²) in [6, 6.07) is 104. The molecule has 8 heteroatoms. The summed E-state index contributed by atoms with van der Waals surface area (Å²) in [7, 11) is 0. The fraction of sp³-hybridized carbons (Fsp3) is 0.0879. The zero-order chi connectivity index (χ0) is 66.2. The molecule has 0 saturated carbocycles. The molecule has 5 aromatic heterocycles. The zero-order valence-electron chi connectivity index (χ0n) is 55.8. The Balaban J connectivity index is 0.956. The third-order valence-corrected chi connectivity index (χ3v) is 21.3. The molecule has 2 aliphatic rings. The van der Waals surface area contributed by atoms with Gasteiger partial charge in [0.25, 0.3) is 6.71 Å². The molecule has 0 radical (unpaired) electrons. The number of anilines is 6. The number of rotatable bonds is 7. The van der Waals surface area contributed by atoms with Gasteiger partial charge in [-0.1, -0.05) is 217 Å². The van der Waals surface area contributed by atoms with E-state index in [4.69, 9.17) is 13.8 Å². The standard InChI is InChI=1S/C91H66BN5O2/c1-90(2,3)58-36-42-76(69(50-58)55-22-9-7-10-23-55)96-78-52-60(94-73-32-17-13-26-63(73)64-27-14-18-33-74(64)94)38-40-71(78)92-72-41-39-61(95-75-34-19-15-28-65(75)66-46-47-93-54-82(66)95)53-79(72)97(77-43-37-59(91(4,5)6)51-70(77)56-24-11-8-12-25-56)81-49-57(48-80(96)88(81)92)62-30-21-31-68-87-85(99-89(62)68)45-44-84-86(87)67-29-16-20-35-83(67)98-84/h7-54H,1-6H3. The van der Waals surface area contributed by atoms with E-state index in [0.29, 0.717) is 0 Å². The van der Waals surface area contributed by atoms with Gasteiger partial charge < -0.3 is 27.8 Å². The van der Waals surface area contributed by atoms with Crippen molar-refractivity contribution in [3.8, 4) is 44.8 Å². The minimum absolute atomic E-state index is 0.146. The van der Waals surface area contributed by atoms with Crippen LogP contribution in [0.25, 0.3) is 132 Å². The number of pyridine rings is 1. The lowest BCUT2D eigenvalue weighted by molar-refractivity contribution is 0.590. The van der Waals surface area contributed by atoms with Crippen molar-refractivity contribution in [2.75, 3.05) is 9.80 Å². The normalized spacial score (nSPS) is 13.1. The Kier molecular flexibility index (Phi) is 12.2. The van der Waals surface area contributed by atoms with Gasteiger partial charge in [-0.15, -0.1) is 0 Å². The maximum absolute atomic E-state index is 7.37. The first-order valence-electron chi connectivity index (χ1n) is 34.4. The van der Waals surface area contributed by atoms with Gasteiger partial charge in [0.1, 0.15) is 22.3 Å². The number of hydrogen-bond acceptors (Lipinski definition) is 5. The molecule has 13 aromatic carbocycles. The average molecular weight is 1270 g/mol. The summed E-state index contributed by atoms with van der Waals surface area (Å²) in [5.41, 5.74) is 28.8. The van der Waals surface area contributed by atoms with Crippen molar-refractivity contribution in [3.63, 3.8) is 0 Å². The van der Waals surface area contributed by atoms with Crippen molar-refractivity contribution in [1.82, 2.24) is 14.1 Å². The summed E-state index contributed by atoms with van der Waals surface area (Å²) < 4.78 is 18.8. The predicted molar refractivity (Wildman–Crippen MR) is 415 cm³/mol. The van der Waals surface area contributed by atoms with E-state index in [-0.39, 0.29) is 17.5 Å². The Morgan fingerprint density at radius 1 is 0.323 bits per heavy atom. The largest absolute Gasteiger partial charge is 0.456 e. The third kappa shape index (κ3) is 8.55. The molecular weight excluding hydrogens is 1210 g/mol. The van der Waals surface area contributed by atoms with Crippen LogP contribution in [0.5, 0.6) is 0 Å². The molecule has 0 atom stereocenters. The van der Waals surface area contributed by atoms with Crippen molar-refractivity contribution in [3.05, 3.63) is 303 Å². The fourth-order valence-electron chi connectivity index (χ4n) is 16.6. The van der Waals surface area contributed by atoms with Gasteiger partial charge in [0.05, 0.1) is 39.6 Å². The van der Waals surface area contributed by atoms with E-state index in [1.165, 1.54) is 43.7 Å². The highest BCUT2D eigenvalue weighted by molar-refractivity contribution is 7.00. The lowest BCUT2D eigenvalue weighted by atomic mass is 9.33. The minimum Gasteiger partial charge on any atom is -0.456 e. The van der Waals surface area contributed by atoms with Crippen LogP contribution in [0.3, 0.4) is 0 Å². The highest BCUT2D eigenvalue weighted by atomic mass is 16.3. The number of para-hydroxylation sites is 5. The van der Waals surface area contributed by atoms with Gasteiger partial charge in [0, 0.05) is 100 Å². The molecule has 0 N–H and O–H groups in total. The maximum Gasteiger partial charge on any atom is 0.252 e. The number of hydrogen-bond donors (Lipinski definition) is 0. The van der Waals surface area contributed by atoms with Crippen LogP contribution < -0.4 is 26.2 Å². The summed E-state index contributed by atoms with van der Waals surface area (Å²) in [6.07, 6.45) is 3.94. The minimum atomic E-state index is -0.254. The summed E-state index contributed by atoms with van der Waals surface area (Å²) in [5, 5.41) is 8.97. The molecule has 99 heavy (non-hydrogen) atoms. The Bertz CT molecular complexity index is 6020. The molecule has 0 saturated heterocycles. The van der Waals surface area contributed by atoms with Crippen molar-refractivity contribution in [2.24, 2.45) is 0 Å². The average Bonchev–Trinajstić information content (AvgIpc) is 0.760. The van der Waals surface area contributed by atoms with E-state index >= 15 is 0 Å². The molecule has 0 unspecified atom stereocenters. The maximum atomic E-state index is 7.37. The van der Waals surface area contributed by atoms with E-state index < -0.39 is 0 Å². The molecule has 7 nitrogen and oxygen atoms in total. The van der Waals surface area contributed by atoms with Gasteiger partial charge in [0.15, 0.2) is 0 Å². The van der Waals surface area contributed by atoms with Gasteiger partial charge in [-0.3, -0.25) is 4.98 Å². The first-order valence-corrected chi connectivity index (χ1v) is 34.4. The molecule has 7 heterocycles. The van der Waals surface area contributed by atoms with Crippen LogP contribution in [0.4, 0.5) is 34.1 Å². The number of aromatic nitrogens is 3. The van der Waals surface area contributed by atoms with Gasteiger partial charge in [0.2, 0.25) is 0 Å². The van der Waals surface area contributed by atoms with Crippen molar-refractivity contribution in [2.45, 2.75) is 52.4 Å². The number of furan rings is 2. The second kappa shape index (κ2) is 21.2. The zero-order valence-corrected chi connectivity index (χ0v) is 55.8. The molecule has 0 amide bonds. The quantitative estimate of drug-likeness (QED) is 0.149. The SMILES string of the molecule is CC(C)(C)c1ccc(N2c3cc(-n4c5ccccc5c5ccccc54)ccc3B3c4ccc(-n5c6ccccc6c6ccncc65)cc4N(c4ccc(C(C)(C)C)cc4-c4ccccc4)c4cc(-c5cccc6c5oc5ccc7oc8ccccc8c7c56)cc2c43)c(-c2ccccc2)c1. The molecule has 0 spiro atoms. The van der Waals surface area contributed by atoms with Crippen LogP contribution in [-0.2, 0) is 10.8 Å². The van der Waals surface area contributed by atoms with Crippen molar-refractivity contribution < 1.29 is 8.83 Å². The summed E-state index contributed by atoms with van der Waals surface area (Å²) >= 11 is 0. The van der Waals surface area contributed by atoms with Crippen LogP contribution in [0.2, 0.25) is 0 Å². The third-order valence-electron chi connectivity index (χ3n) is 21.3. The lowest BCUT2D eigenvalue weighted by Gasteiger charge is -2.45. The topological polar surface area (TPSA) is 55.5 Å². The van der Waals surface area contributed by atoms with Crippen LogP contribution in [0.1, 0.15) is 52.7 Å². The number of nitrogens with zero attached hydrogens (tertiary/aromatic N) is 5. The van der Waals surface area contributed by atoms with Gasteiger partial charge in [-0.05, 0) is 158 Å². The second-order valence-electron chi connectivity index (χ2n) is 29.0. The molecule has 470 valence electrons. The molecule has 2 aliphatic heterocycles. The highest BCUT2D eigenvalue weighted by Crippen LogP contribution is 2.53. The Morgan fingerprint density at radius 2 is 0.788 bits per heavy atom. The Labute approximate surface area is 573 Å². The highest BCUT2D eigenvalue weighted by Gasteiger charge is 2.45. The Morgan fingerprint density at radius 3 is 1.33 bits per heavy atom. The molecule has 20 rings (SSSR count). The van der Waals surface area contributed by atoms with Crippen LogP contribution in [0.15, 0.2) is 300 Å². The monoisotopic (exact) mass is 1270 g/mol. The van der Waals surface area contributed by atoms with E-state index in [1.807, 2.05) is 18.5 Å². The van der Waals surface area contributed by atoms with Crippen molar-refractivity contribution in [1.29, 1.82) is 0 Å².